The molecule has 0 aliphatic heterocycles. The van der Waals surface area contributed by atoms with E-state index in [0.29, 0.717) is 6.04 Å². The van der Waals surface area contributed by atoms with Crippen molar-refractivity contribution in [1.82, 2.24) is 5.32 Å². The van der Waals surface area contributed by atoms with Gasteiger partial charge in [0.05, 0.1) is 6.04 Å². The minimum atomic E-state index is -0.364. The normalized spacial score (nSPS) is 44.0. The number of hydrogen-bond donors (Lipinski definition) is 2. The molecule has 4 aliphatic rings. The number of carbonyl (C=O) groups is 1. The Balaban J connectivity index is 0.00000108. The lowest BCUT2D eigenvalue weighted by Gasteiger charge is -2.54. The van der Waals surface area contributed by atoms with Crippen molar-refractivity contribution in [3.8, 4) is 0 Å². The number of nitrogens with two attached hydrogens (primary N) is 1. The molecule has 0 saturated heterocycles. The van der Waals surface area contributed by atoms with E-state index < -0.39 is 0 Å². The zero-order valence-corrected chi connectivity index (χ0v) is 11.2. The molecular weight excluding hydrogens is 236 g/mol. The summed E-state index contributed by atoms with van der Waals surface area (Å²) in [5.41, 5.74) is 5.63. The molecule has 98 valence electrons. The Morgan fingerprint density at radius 2 is 1.59 bits per heavy atom. The van der Waals surface area contributed by atoms with Crippen LogP contribution >= 0.6 is 12.4 Å². The standard InChI is InChI=1S/C13H22N2O.ClH/c1-7(14)13(16)15-12-10-3-8-2-9(5-10)6-11(12)4-8;/h7-12H,2-6,14H2,1H3,(H,15,16);1H/t7-,8?,9?,10?,11?,12?;/m0./s1. The lowest BCUT2D eigenvalue weighted by atomic mass is 9.54. The van der Waals surface area contributed by atoms with E-state index in [1.165, 1.54) is 32.1 Å². The van der Waals surface area contributed by atoms with E-state index in [0.717, 1.165) is 23.7 Å². The van der Waals surface area contributed by atoms with E-state index in [4.69, 9.17) is 5.73 Å². The zero-order chi connectivity index (χ0) is 11.3. The van der Waals surface area contributed by atoms with Gasteiger partial charge < -0.3 is 11.1 Å². The summed E-state index contributed by atoms with van der Waals surface area (Å²) < 4.78 is 0. The maximum Gasteiger partial charge on any atom is 0.236 e. The van der Waals surface area contributed by atoms with Gasteiger partial charge in [-0.3, -0.25) is 4.79 Å². The van der Waals surface area contributed by atoms with E-state index in [2.05, 4.69) is 5.32 Å². The van der Waals surface area contributed by atoms with Crippen LogP contribution in [0.4, 0.5) is 0 Å². The number of hydrogen-bond acceptors (Lipinski definition) is 2. The number of rotatable bonds is 2. The fraction of sp³-hybridized carbons (Fsp3) is 0.923. The van der Waals surface area contributed by atoms with E-state index in [9.17, 15) is 4.79 Å². The lowest BCUT2D eigenvalue weighted by molar-refractivity contribution is -0.125. The quantitative estimate of drug-likeness (QED) is 0.792. The molecule has 0 radical (unpaired) electrons. The molecule has 3 N–H and O–H groups in total. The van der Waals surface area contributed by atoms with Gasteiger partial charge in [0, 0.05) is 6.04 Å². The largest absolute Gasteiger partial charge is 0.351 e. The van der Waals surface area contributed by atoms with Crippen LogP contribution in [0.1, 0.15) is 39.0 Å². The van der Waals surface area contributed by atoms with Crippen LogP contribution in [0.25, 0.3) is 0 Å². The van der Waals surface area contributed by atoms with Gasteiger partial charge in [-0.15, -0.1) is 12.4 Å². The summed E-state index contributed by atoms with van der Waals surface area (Å²) in [6.45, 7) is 1.77. The first-order valence-electron chi connectivity index (χ1n) is 6.69. The number of nitrogens with one attached hydrogen (secondary N) is 1. The topological polar surface area (TPSA) is 55.1 Å². The van der Waals surface area contributed by atoms with Crippen LogP contribution in [0.5, 0.6) is 0 Å². The van der Waals surface area contributed by atoms with Crippen LogP contribution in [0, 0.1) is 23.7 Å². The summed E-state index contributed by atoms with van der Waals surface area (Å²) in [5, 5.41) is 3.20. The van der Waals surface area contributed by atoms with Crippen molar-refractivity contribution in [2.45, 2.75) is 51.1 Å². The highest BCUT2D eigenvalue weighted by molar-refractivity contribution is 5.85. The molecule has 0 spiro atoms. The van der Waals surface area contributed by atoms with Crippen molar-refractivity contribution in [3.63, 3.8) is 0 Å². The van der Waals surface area contributed by atoms with Crippen molar-refractivity contribution in [3.05, 3.63) is 0 Å². The van der Waals surface area contributed by atoms with Gasteiger partial charge >= 0.3 is 0 Å². The Bertz CT molecular complexity index is 278. The maximum atomic E-state index is 11.7. The Labute approximate surface area is 109 Å². The third-order valence-corrected chi connectivity index (χ3v) is 4.95. The monoisotopic (exact) mass is 258 g/mol. The van der Waals surface area contributed by atoms with E-state index in [1.54, 1.807) is 6.92 Å². The molecule has 0 aromatic carbocycles. The predicted molar refractivity (Wildman–Crippen MR) is 69.9 cm³/mol. The van der Waals surface area contributed by atoms with Crippen molar-refractivity contribution in [2.24, 2.45) is 29.4 Å². The fourth-order valence-corrected chi connectivity index (χ4v) is 4.46. The average molecular weight is 259 g/mol. The van der Waals surface area contributed by atoms with Crippen molar-refractivity contribution < 1.29 is 4.79 Å². The molecule has 4 saturated carbocycles. The number of amides is 1. The second-order valence-electron chi connectivity index (χ2n) is 6.25. The molecule has 17 heavy (non-hydrogen) atoms. The molecule has 0 heterocycles. The molecule has 0 unspecified atom stereocenters. The Morgan fingerprint density at radius 1 is 1.12 bits per heavy atom. The molecule has 1 atom stereocenters. The second-order valence-corrected chi connectivity index (χ2v) is 6.25. The molecule has 3 nitrogen and oxygen atoms in total. The van der Waals surface area contributed by atoms with Crippen LogP contribution in [0.2, 0.25) is 0 Å². The van der Waals surface area contributed by atoms with E-state index in [-0.39, 0.29) is 24.4 Å². The van der Waals surface area contributed by atoms with Crippen molar-refractivity contribution in [2.75, 3.05) is 0 Å². The minimum Gasteiger partial charge on any atom is -0.351 e. The van der Waals surface area contributed by atoms with Crippen LogP contribution < -0.4 is 11.1 Å². The van der Waals surface area contributed by atoms with Crippen LogP contribution in [-0.2, 0) is 4.79 Å². The summed E-state index contributed by atoms with van der Waals surface area (Å²) in [5.74, 6) is 3.47. The average Bonchev–Trinajstić information content (AvgIpc) is 2.21. The van der Waals surface area contributed by atoms with Crippen molar-refractivity contribution >= 4 is 18.3 Å². The first-order valence-corrected chi connectivity index (χ1v) is 6.69. The number of halogens is 1. The summed E-state index contributed by atoms with van der Waals surface area (Å²) >= 11 is 0. The van der Waals surface area contributed by atoms with E-state index in [1.807, 2.05) is 0 Å². The highest BCUT2D eigenvalue weighted by Crippen LogP contribution is 2.53. The molecule has 4 fully saturated rings. The predicted octanol–water partition coefficient (Wildman–Crippen LogP) is 1.70. The van der Waals surface area contributed by atoms with Crippen LogP contribution in [0.15, 0.2) is 0 Å². The highest BCUT2D eigenvalue weighted by Gasteiger charge is 2.48. The van der Waals surface area contributed by atoms with Gasteiger partial charge in [-0.1, -0.05) is 0 Å². The molecule has 4 aliphatic carbocycles. The van der Waals surface area contributed by atoms with Gasteiger partial charge in [0.15, 0.2) is 0 Å². The van der Waals surface area contributed by atoms with E-state index >= 15 is 0 Å². The van der Waals surface area contributed by atoms with Gasteiger partial charge in [0.1, 0.15) is 0 Å². The smallest absolute Gasteiger partial charge is 0.236 e. The second kappa shape index (κ2) is 4.77. The van der Waals surface area contributed by atoms with Crippen LogP contribution in [0.3, 0.4) is 0 Å². The molecule has 4 bridgehead atoms. The Morgan fingerprint density at radius 3 is 2.00 bits per heavy atom. The molecule has 0 aromatic rings. The molecule has 4 rings (SSSR count). The zero-order valence-electron chi connectivity index (χ0n) is 10.4. The summed E-state index contributed by atoms with van der Waals surface area (Å²) in [4.78, 5) is 11.7. The summed E-state index contributed by atoms with van der Waals surface area (Å²) in [6.07, 6.45) is 6.84. The summed E-state index contributed by atoms with van der Waals surface area (Å²) in [6, 6.07) is 0.0727. The molecule has 4 heteroatoms. The van der Waals surface area contributed by atoms with Gasteiger partial charge in [-0.25, -0.2) is 0 Å². The highest BCUT2D eigenvalue weighted by atomic mass is 35.5. The number of carbonyl (C=O) groups excluding carboxylic acids is 1. The first-order chi connectivity index (χ1) is 7.63. The first kappa shape index (κ1) is 13.2. The third kappa shape index (κ3) is 2.32. The Kier molecular flexibility index (Phi) is 3.69. The van der Waals surface area contributed by atoms with Gasteiger partial charge in [-0.2, -0.15) is 0 Å². The SMILES string of the molecule is C[C@H](N)C(=O)NC1C2CC3CC(C2)CC1C3.Cl. The summed E-state index contributed by atoms with van der Waals surface area (Å²) in [7, 11) is 0. The van der Waals surface area contributed by atoms with Gasteiger partial charge in [0.2, 0.25) is 5.91 Å². The van der Waals surface area contributed by atoms with Crippen LogP contribution in [-0.4, -0.2) is 18.0 Å². The minimum absolute atomic E-state index is 0. The lowest BCUT2D eigenvalue weighted by Crippen LogP contribution is -2.57. The molecule has 0 aromatic heterocycles. The van der Waals surface area contributed by atoms with Crippen molar-refractivity contribution in [1.29, 1.82) is 0 Å². The van der Waals surface area contributed by atoms with Gasteiger partial charge in [-0.05, 0) is 62.7 Å². The molecular formula is C13H23ClN2O. The van der Waals surface area contributed by atoms with Gasteiger partial charge in [0.25, 0.3) is 0 Å². The Hall–Kier alpha value is -0.280. The fourth-order valence-electron chi connectivity index (χ4n) is 4.46. The molecule has 1 amide bonds. The third-order valence-electron chi connectivity index (χ3n) is 4.95. The maximum absolute atomic E-state index is 11.7.